The van der Waals surface area contributed by atoms with Crippen molar-refractivity contribution in [2.24, 2.45) is 0 Å². The molecule has 0 saturated carbocycles. The molecule has 0 atom stereocenters. The zero-order valence-electron chi connectivity index (χ0n) is 16.4. The van der Waals surface area contributed by atoms with E-state index in [1.54, 1.807) is 0 Å². The number of carbonyl (C=O) groups is 1. The fourth-order valence-electron chi connectivity index (χ4n) is 3.59. The maximum atomic E-state index is 12.3. The van der Waals surface area contributed by atoms with Crippen molar-refractivity contribution >= 4 is 11.6 Å². The first kappa shape index (κ1) is 19.2. The van der Waals surface area contributed by atoms with Gasteiger partial charge in [-0.3, -0.25) is 9.69 Å². The third kappa shape index (κ3) is 5.23. The summed E-state index contributed by atoms with van der Waals surface area (Å²) in [5, 5.41) is 2.96. The van der Waals surface area contributed by atoms with Gasteiger partial charge in [-0.2, -0.15) is 0 Å². The molecule has 0 spiro atoms. The minimum atomic E-state index is -0.197. The summed E-state index contributed by atoms with van der Waals surface area (Å²) in [5.41, 5.74) is 3.47. The smallest absolute Gasteiger partial charge is 0.273 e. The van der Waals surface area contributed by atoms with Gasteiger partial charge in [0.15, 0.2) is 0 Å². The Labute approximate surface area is 170 Å². The molecule has 2 aromatic carbocycles. The lowest BCUT2D eigenvalue weighted by atomic mass is 10.0. The monoisotopic (exact) mass is 390 g/mol. The summed E-state index contributed by atoms with van der Waals surface area (Å²) in [4.78, 5) is 21.5. The number of aromatic nitrogens is 2. The van der Waals surface area contributed by atoms with Crippen LogP contribution in [0.1, 0.15) is 34.5 Å². The van der Waals surface area contributed by atoms with E-state index in [9.17, 15) is 4.79 Å². The Bertz CT molecular complexity index is 916. The summed E-state index contributed by atoms with van der Waals surface area (Å²) in [6, 6.07) is 16.1. The molecule has 1 saturated heterocycles. The Kier molecular flexibility index (Phi) is 6.22. The molecule has 6 heteroatoms. The van der Waals surface area contributed by atoms with Gasteiger partial charge in [-0.05, 0) is 61.7 Å². The van der Waals surface area contributed by atoms with E-state index in [-0.39, 0.29) is 5.91 Å². The largest absolute Gasteiger partial charge is 0.492 e. The molecule has 3 aromatic rings. The first-order chi connectivity index (χ1) is 14.3. The highest BCUT2D eigenvalue weighted by Crippen LogP contribution is 2.21. The predicted octanol–water partition coefficient (Wildman–Crippen LogP) is 3.73. The molecule has 1 aromatic heterocycles. The highest BCUT2D eigenvalue weighted by atomic mass is 16.5. The molecule has 29 heavy (non-hydrogen) atoms. The maximum absolute atomic E-state index is 12.3. The number of rotatable bonds is 8. The van der Waals surface area contributed by atoms with Crippen LogP contribution in [-0.2, 0) is 6.42 Å². The van der Waals surface area contributed by atoms with Gasteiger partial charge in [-0.1, -0.05) is 30.3 Å². The van der Waals surface area contributed by atoms with Crippen LogP contribution in [0, 0.1) is 0 Å². The van der Waals surface area contributed by atoms with E-state index < -0.39 is 0 Å². The highest BCUT2D eigenvalue weighted by Gasteiger charge is 2.12. The van der Waals surface area contributed by atoms with Gasteiger partial charge >= 0.3 is 0 Å². The van der Waals surface area contributed by atoms with Crippen molar-refractivity contribution in [2.45, 2.75) is 19.3 Å². The molecule has 2 heterocycles. The zero-order valence-corrected chi connectivity index (χ0v) is 16.4. The number of hydrogen-bond acceptors (Lipinski definition) is 4. The van der Waals surface area contributed by atoms with Gasteiger partial charge < -0.3 is 15.0 Å². The highest BCUT2D eigenvalue weighted by molar-refractivity contribution is 6.03. The van der Waals surface area contributed by atoms with Crippen molar-refractivity contribution in [3.05, 3.63) is 77.9 Å². The van der Waals surface area contributed by atoms with Crippen LogP contribution in [0.2, 0.25) is 0 Å². The second kappa shape index (κ2) is 9.39. The lowest BCUT2D eigenvalue weighted by Crippen LogP contribution is -2.25. The fourth-order valence-corrected chi connectivity index (χ4v) is 3.59. The molecular weight excluding hydrogens is 364 g/mol. The van der Waals surface area contributed by atoms with Crippen molar-refractivity contribution in [1.29, 1.82) is 0 Å². The van der Waals surface area contributed by atoms with Crippen molar-refractivity contribution in [1.82, 2.24) is 14.9 Å². The number of hydrogen-bond donors (Lipinski definition) is 2. The number of ether oxygens (including phenoxy) is 1. The number of carbonyl (C=O) groups excluding carboxylic acids is 1. The Morgan fingerprint density at radius 1 is 1.10 bits per heavy atom. The summed E-state index contributed by atoms with van der Waals surface area (Å²) in [7, 11) is 0. The molecule has 0 unspecified atom stereocenters. The normalized spacial score (nSPS) is 14.1. The number of para-hydroxylation sites is 1. The molecule has 1 fully saturated rings. The van der Waals surface area contributed by atoms with E-state index in [4.69, 9.17) is 4.74 Å². The molecule has 1 aliphatic heterocycles. The van der Waals surface area contributed by atoms with Crippen LogP contribution in [-0.4, -0.2) is 47.0 Å². The Morgan fingerprint density at radius 2 is 1.90 bits per heavy atom. The van der Waals surface area contributed by atoms with Gasteiger partial charge in [0.2, 0.25) is 0 Å². The number of nitrogens with zero attached hydrogens (tertiary/aromatic N) is 2. The van der Waals surface area contributed by atoms with E-state index in [2.05, 4.69) is 32.3 Å². The average molecular weight is 390 g/mol. The topological polar surface area (TPSA) is 70.2 Å². The molecule has 1 aliphatic rings. The van der Waals surface area contributed by atoms with E-state index in [0.29, 0.717) is 5.69 Å². The van der Waals surface area contributed by atoms with Crippen LogP contribution in [0.4, 0.5) is 5.69 Å². The van der Waals surface area contributed by atoms with E-state index in [1.165, 1.54) is 44.0 Å². The second-order valence-corrected chi connectivity index (χ2v) is 7.29. The molecule has 4 rings (SSSR count). The van der Waals surface area contributed by atoms with Gasteiger partial charge in [0.05, 0.1) is 12.5 Å². The molecule has 0 bridgehead atoms. The average Bonchev–Trinajstić information content (AvgIpc) is 3.45. The number of amides is 1. The second-order valence-electron chi connectivity index (χ2n) is 7.29. The van der Waals surface area contributed by atoms with Crippen molar-refractivity contribution in [3.63, 3.8) is 0 Å². The summed E-state index contributed by atoms with van der Waals surface area (Å²) in [6.07, 6.45) is 6.35. The molecule has 0 aliphatic carbocycles. The Morgan fingerprint density at radius 3 is 2.66 bits per heavy atom. The minimum Gasteiger partial charge on any atom is -0.492 e. The third-order valence-electron chi connectivity index (χ3n) is 5.20. The van der Waals surface area contributed by atoms with Crippen molar-refractivity contribution < 1.29 is 9.53 Å². The first-order valence-electron chi connectivity index (χ1n) is 10.1. The fraction of sp³-hybridized carbons (Fsp3) is 0.304. The molecule has 0 radical (unpaired) electrons. The number of anilines is 1. The summed E-state index contributed by atoms with van der Waals surface area (Å²) in [6.45, 7) is 4.10. The molecule has 1 amide bonds. The molecule has 2 N–H and O–H groups in total. The summed E-state index contributed by atoms with van der Waals surface area (Å²) >= 11 is 0. The van der Waals surface area contributed by atoms with Gasteiger partial charge in [-0.15, -0.1) is 0 Å². The quantitative estimate of drug-likeness (QED) is 0.615. The lowest BCUT2D eigenvalue weighted by Gasteiger charge is -2.15. The van der Waals surface area contributed by atoms with Crippen LogP contribution in [0.25, 0.3) is 0 Å². The van der Waals surface area contributed by atoms with E-state index in [0.717, 1.165) is 36.6 Å². The van der Waals surface area contributed by atoms with Crippen LogP contribution < -0.4 is 10.1 Å². The molecule has 6 nitrogen and oxygen atoms in total. The molecular formula is C23H26N4O2. The molecule has 150 valence electrons. The van der Waals surface area contributed by atoms with Crippen LogP contribution in [0.15, 0.2) is 61.1 Å². The van der Waals surface area contributed by atoms with Crippen molar-refractivity contribution in [3.8, 4) is 5.75 Å². The summed E-state index contributed by atoms with van der Waals surface area (Å²) < 4.78 is 5.88. The summed E-state index contributed by atoms with van der Waals surface area (Å²) in [5.74, 6) is 0.700. The van der Waals surface area contributed by atoms with Crippen LogP contribution in [0.5, 0.6) is 5.75 Å². The zero-order chi connectivity index (χ0) is 19.9. The lowest BCUT2D eigenvalue weighted by molar-refractivity contribution is 0.102. The van der Waals surface area contributed by atoms with Crippen LogP contribution >= 0.6 is 0 Å². The number of aromatic amines is 1. The van der Waals surface area contributed by atoms with Crippen LogP contribution in [0.3, 0.4) is 0 Å². The third-order valence-corrected chi connectivity index (χ3v) is 5.20. The van der Waals surface area contributed by atoms with Crippen molar-refractivity contribution in [2.75, 3.05) is 31.6 Å². The number of H-pyrrole nitrogens is 1. The predicted molar refractivity (Wildman–Crippen MR) is 113 cm³/mol. The van der Waals surface area contributed by atoms with Gasteiger partial charge in [0.25, 0.3) is 5.91 Å². The number of benzene rings is 2. The standard InChI is InChI=1S/C23H26N4O2/c28-23(22-16-24-17-25-22)26-21-6-2-1-5-19(21)15-18-7-9-20(10-8-18)29-14-13-27-11-3-4-12-27/h1-2,5-10,16-17H,3-4,11-15H2,(H,24,25)(H,26,28). The van der Waals surface area contributed by atoms with Gasteiger partial charge in [0.1, 0.15) is 18.1 Å². The van der Waals surface area contributed by atoms with E-state index >= 15 is 0 Å². The van der Waals surface area contributed by atoms with Gasteiger partial charge in [0, 0.05) is 12.2 Å². The minimum absolute atomic E-state index is 0.197. The Balaban J connectivity index is 1.34. The first-order valence-corrected chi connectivity index (χ1v) is 10.1. The van der Waals surface area contributed by atoms with E-state index in [1.807, 2.05) is 36.4 Å². The number of imidazole rings is 1. The Hall–Kier alpha value is -3.12. The SMILES string of the molecule is O=C(Nc1ccccc1Cc1ccc(OCCN2CCCC2)cc1)c1cnc[nH]1. The maximum Gasteiger partial charge on any atom is 0.273 e. The van der Waals surface area contributed by atoms with Gasteiger partial charge in [-0.25, -0.2) is 4.98 Å². The number of nitrogens with one attached hydrogen (secondary N) is 2. The number of likely N-dealkylation sites (tertiary alicyclic amines) is 1.